The molecule has 2 aliphatic carbocycles. The minimum absolute atomic E-state index is 0.165. The highest BCUT2D eigenvalue weighted by Crippen LogP contribution is 2.56. The first kappa shape index (κ1) is 22.0. The van der Waals surface area contributed by atoms with Crippen molar-refractivity contribution < 1.29 is 33.6 Å². The second-order valence-corrected chi connectivity index (χ2v) is 9.73. The molecule has 1 saturated carbocycles. The van der Waals surface area contributed by atoms with Gasteiger partial charge in [0.05, 0.1) is 24.9 Å². The Morgan fingerprint density at radius 1 is 1.21 bits per heavy atom. The highest BCUT2D eigenvalue weighted by atomic mass is 16.6. The minimum atomic E-state index is -1.04. The first-order valence-corrected chi connectivity index (χ1v) is 11.7. The van der Waals surface area contributed by atoms with Gasteiger partial charge in [0, 0.05) is 36.5 Å². The van der Waals surface area contributed by atoms with Gasteiger partial charge in [-0.25, -0.2) is 4.79 Å². The minimum Gasteiger partial charge on any atom is -0.496 e. The fourth-order valence-electron chi connectivity index (χ4n) is 5.56. The quantitative estimate of drug-likeness (QED) is 0.690. The Kier molecular flexibility index (Phi) is 5.27. The Labute approximate surface area is 193 Å². The number of carbonyl (C=O) groups excluding carboxylic acids is 2. The van der Waals surface area contributed by atoms with Gasteiger partial charge in [0.1, 0.15) is 29.1 Å². The van der Waals surface area contributed by atoms with Crippen LogP contribution in [0.25, 0.3) is 5.57 Å². The van der Waals surface area contributed by atoms with Crippen LogP contribution in [-0.4, -0.2) is 42.3 Å². The Bertz CT molecular complexity index is 1100. The molecule has 2 heterocycles. The predicted molar refractivity (Wildman–Crippen MR) is 120 cm³/mol. The van der Waals surface area contributed by atoms with E-state index < -0.39 is 17.7 Å². The lowest BCUT2D eigenvalue weighted by Crippen LogP contribution is -2.39. The summed E-state index contributed by atoms with van der Waals surface area (Å²) in [7, 11) is 1.62. The zero-order chi connectivity index (χ0) is 23.5. The van der Waals surface area contributed by atoms with Crippen LogP contribution in [0.3, 0.4) is 0 Å². The molecule has 1 N–H and O–H groups in total. The molecule has 2 atom stereocenters. The molecule has 4 aliphatic rings. The Hall–Kier alpha value is -2.80. The molecule has 7 nitrogen and oxygen atoms in total. The maximum atomic E-state index is 12.9. The van der Waals surface area contributed by atoms with E-state index in [1.807, 2.05) is 0 Å². The molecule has 5 rings (SSSR count). The molecule has 176 valence electrons. The zero-order valence-electron chi connectivity index (χ0n) is 19.6. The van der Waals surface area contributed by atoms with E-state index in [1.165, 1.54) is 5.57 Å². The number of hydrogen-bond acceptors (Lipinski definition) is 7. The number of rotatable bonds is 4. The van der Waals surface area contributed by atoms with Crippen molar-refractivity contribution in [3.63, 3.8) is 0 Å². The van der Waals surface area contributed by atoms with Gasteiger partial charge in [0.25, 0.3) is 0 Å². The number of hydrogen-bond donors (Lipinski definition) is 1. The third-order valence-corrected chi connectivity index (χ3v) is 7.16. The molecule has 0 radical (unpaired) electrons. The number of aliphatic hydroxyl groups is 1. The molecule has 1 fully saturated rings. The van der Waals surface area contributed by atoms with E-state index in [0.29, 0.717) is 49.4 Å². The molecule has 7 heteroatoms. The average molecular weight is 455 g/mol. The molecule has 0 saturated heterocycles. The highest BCUT2D eigenvalue weighted by Gasteiger charge is 2.44. The van der Waals surface area contributed by atoms with Gasteiger partial charge >= 0.3 is 5.97 Å². The van der Waals surface area contributed by atoms with E-state index in [2.05, 4.69) is 0 Å². The third-order valence-electron chi connectivity index (χ3n) is 7.16. The number of allylic oxidation sites excluding steroid dienone is 3. The molecule has 2 aliphatic heterocycles. The molecular weight excluding hydrogens is 424 g/mol. The monoisotopic (exact) mass is 454 g/mol. The molecule has 0 bridgehead atoms. The molecular formula is C26H30O7. The Morgan fingerprint density at radius 2 is 2.00 bits per heavy atom. The second kappa shape index (κ2) is 7.90. The highest BCUT2D eigenvalue weighted by molar-refractivity contribution is 6.00. The molecule has 33 heavy (non-hydrogen) atoms. The number of fused-ring (bicyclic) bond motifs is 5. The Morgan fingerprint density at radius 3 is 2.70 bits per heavy atom. The van der Waals surface area contributed by atoms with E-state index in [4.69, 9.17) is 18.9 Å². The summed E-state index contributed by atoms with van der Waals surface area (Å²) in [4.78, 5) is 25.1. The van der Waals surface area contributed by atoms with Crippen molar-refractivity contribution in [1.29, 1.82) is 0 Å². The lowest BCUT2D eigenvalue weighted by molar-refractivity contribution is -0.141. The molecule has 0 aromatic heterocycles. The van der Waals surface area contributed by atoms with Crippen LogP contribution >= 0.6 is 0 Å². The van der Waals surface area contributed by atoms with Gasteiger partial charge in [0.15, 0.2) is 0 Å². The van der Waals surface area contributed by atoms with E-state index in [-0.39, 0.29) is 24.1 Å². The maximum Gasteiger partial charge on any atom is 0.374 e. The van der Waals surface area contributed by atoms with E-state index in [1.54, 1.807) is 33.9 Å². The zero-order valence-corrected chi connectivity index (χ0v) is 19.6. The van der Waals surface area contributed by atoms with Gasteiger partial charge in [-0.3, -0.25) is 4.79 Å². The van der Waals surface area contributed by atoms with Crippen LogP contribution in [0.1, 0.15) is 64.0 Å². The summed E-state index contributed by atoms with van der Waals surface area (Å²) < 4.78 is 23.5. The summed E-state index contributed by atoms with van der Waals surface area (Å²) in [6.45, 7) is 5.46. The standard InChI is InChI=1S/C26H30O7/c1-5-31-25(28)24-16-8-6-13-10-14(27)7-9-15(13)21(16)22-19(33-24)12-18-17(23(22)30-4)11-20(32-18)26(2,3)29/h12-13,20,29H,5-11H2,1-4H3/t13-,20+/m1/s1. The first-order chi connectivity index (χ1) is 15.7. The number of esters is 1. The number of carbonyl (C=O) groups is 2. The van der Waals surface area contributed by atoms with Crippen LogP contribution < -0.4 is 14.2 Å². The maximum absolute atomic E-state index is 12.9. The van der Waals surface area contributed by atoms with Crippen LogP contribution in [-0.2, 0) is 20.7 Å². The number of benzene rings is 1. The van der Waals surface area contributed by atoms with Gasteiger partial charge in [-0.15, -0.1) is 0 Å². The summed E-state index contributed by atoms with van der Waals surface area (Å²) in [5, 5.41) is 10.6. The molecule has 0 amide bonds. The summed E-state index contributed by atoms with van der Waals surface area (Å²) in [6, 6.07) is 1.79. The van der Waals surface area contributed by atoms with Crippen LogP contribution in [0.15, 0.2) is 23.0 Å². The smallest absolute Gasteiger partial charge is 0.374 e. The van der Waals surface area contributed by atoms with Crippen molar-refractivity contribution in [2.45, 2.75) is 71.0 Å². The average Bonchev–Trinajstić information content (AvgIpc) is 3.20. The van der Waals surface area contributed by atoms with Crippen molar-refractivity contribution in [3.05, 3.63) is 34.1 Å². The third kappa shape index (κ3) is 3.53. The van der Waals surface area contributed by atoms with Gasteiger partial charge in [0.2, 0.25) is 5.76 Å². The number of Topliss-reactive ketones (excluding diaryl/α,β-unsaturated/α-hetero) is 1. The molecule has 0 spiro atoms. The number of ether oxygens (including phenoxy) is 4. The van der Waals surface area contributed by atoms with Crippen molar-refractivity contribution in [2.24, 2.45) is 5.92 Å². The Balaban J connectivity index is 1.73. The second-order valence-electron chi connectivity index (χ2n) is 9.73. The van der Waals surface area contributed by atoms with Crippen LogP contribution in [0, 0.1) is 5.92 Å². The van der Waals surface area contributed by atoms with Crippen LogP contribution in [0.2, 0.25) is 0 Å². The van der Waals surface area contributed by atoms with Crippen molar-refractivity contribution >= 4 is 17.3 Å². The topological polar surface area (TPSA) is 91.3 Å². The fourth-order valence-corrected chi connectivity index (χ4v) is 5.56. The van der Waals surface area contributed by atoms with Crippen LogP contribution in [0.4, 0.5) is 0 Å². The van der Waals surface area contributed by atoms with E-state index in [9.17, 15) is 14.7 Å². The number of ketones is 1. The van der Waals surface area contributed by atoms with Gasteiger partial charge in [-0.1, -0.05) is 5.57 Å². The lowest BCUT2D eigenvalue weighted by Gasteiger charge is -2.37. The number of methoxy groups -OCH3 is 1. The fraction of sp³-hybridized carbons (Fsp3) is 0.538. The van der Waals surface area contributed by atoms with Gasteiger partial charge in [-0.05, 0) is 51.5 Å². The van der Waals surface area contributed by atoms with Crippen molar-refractivity contribution in [2.75, 3.05) is 13.7 Å². The van der Waals surface area contributed by atoms with Crippen molar-refractivity contribution in [1.82, 2.24) is 0 Å². The summed E-state index contributed by atoms with van der Waals surface area (Å²) >= 11 is 0. The largest absolute Gasteiger partial charge is 0.496 e. The first-order valence-electron chi connectivity index (χ1n) is 11.7. The van der Waals surface area contributed by atoms with Crippen molar-refractivity contribution in [3.8, 4) is 17.2 Å². The van der Waals surface area contributed by atoms with E-state index >= 15 is 0 Å². The molecule has 1 aromatic carbocycles. The van der Waals surface area contributed by atoms with E-state index in [0.717, 1.165) is 28.7 Å². The summed E-state index contributed by atoms with van der Waals surface area (Å²) in [5.41, 5.74) is 3.65. The van der Waals surface area contributed by atoms with Gasteiger partial charge < -0.3 is 24.1 Å². The lowest BCUT2D eigenvalue weighted by atomic mass is 9.69. The SMILES string of the molecule is CCOC(=O)C1=C2CC[C@@H]3CC(=O)CCC3=C2c2c(cc3c(c2OC)C[C@@H](C(C)(C)O)O3)O1. The van der Waals surface area contributed by atoms with Crippen LogP contribution in [0.5, 0.6) is 17.2 Å². The normalized spacial score (nSPS) is 23.7. The summed E-state index contributed by atoms with van der Waals surface area (Å²) in [5.74, 6) is 1.89. The predicted octanol–water partition coefficient (Wildman–Crippen LogP) is 3.90. The molecule has 1 aromatic rings. The summed E-state index contributed by atoms with van der Waals surface area (Å²) in [6.07, 6.45) is 3.22. The molecule has 0 unspecified atom stereocenters. The van der Waals surface area contributed by atoms with Gasteiger partial charge in [-0.2, -0.15) is 0 Å².